The Bertz CT molecular complexity index is 283. The van der Waals surface area contributed by atoms with Gasteiger partial charge < -0.3 is 4.90 Å². The number of hydrogen-bond acceptors (Lipinski definition) is 3. The molecule has 0 aliphatic rings. The van der Waals surface area contributed by atoms with E-state index in [4.69, 9.17) is 0 Å². The first-order valence-corrected chi connectivity index (χ1v) is 6.00. The number of rotatable bonds is 5. The van der Waals surface area contributed by atoms with Crippen molar-refractivity contribution in [2.45, 2.75) is 25.5 Å². The normalized spacial score (nSPS) is 11.8. The molecule has 0 aliphatic heterocycles. The summed E-state index contributed by atoms with van der Waals surface area (Å²) in [5.74, 6) is -0.0866. The van der Waals surface area contributed by atoms with Crippen molar-refractivity contribution in [3.05, 3.63) is 0 Å². The average Bonchev–Trinajstić information content (AvgIpc) is 2.03. The Balaban J connectivity index is 3.93. The van der Waals surface area contributed by atoms with Gasteiger partial charge in [-0.05, 0) is 13.8 Å². The fraction of sp³-hybridized carbons (Fsp3) is 0.875. The van der Waals surface area contributed by atoms with Crippen molar-refractivity contribution in [3.8, 4) is 0 Å². The van der Waals surface area contributed by atoms with Gasteiger partial charge in [0.1, 0.15) is 0 Å². The molecule has 1 N–H and O–H groups in total. The minimum atomic E-state index is -3.24. The Morgan fingerprint density at radius 3 is 2.21 bits per heavy atom. The molecule has 0 bridgehead atoms. The quantitative estimate of drug-likeness (QED) is 0.700. The van der Waals surface area contributed by atoms with Gasteiger partial charge >= 0.3 is 0 Å². The number of hydrogen-bond donors (Lipinski definition) is 1. The highest BCUT2D eigenvalue weighted by molar-refractivity contribution is 7.90. The van der Waals surface area contributed by atoms with Crippen molar-refractivity contribution in [2.75, 3.05) is 20.6 Å². The predicted molar refractivity (Wildman–Crippen MR) is 55.4 cm³/mol. The fourth-order valence-electron chi connectivity index (χ4n) is 0.690. The molecule has 0 unspecified atom stereocenters. The standard InChI is InChI=1S/C8H18N2O3S/c1-7(2)14(12,13)9-6-5-8(11)10(3)4/h7,9H,5-6H2,1-4H3. The van der Waals surface area contributed by atoms with Crippen LogP contribution in [0.1, 0.15) is 20.3 Å². The minimum absolute atomic E-state index is 0.0866. The van der Waals surface area contributed by atoms with E-state index in [1.54, 1.807) is 27.9 Å². The van der Waals surface area contributed by atoms with E-state index in [1.807, 2.05) is 0 Å². The maximum Gasteiger partial charge on any atom is 0.223 e. The van der Waals surface area contributed by atoms with Crippen LogP contribution in [0.2, 0.25) is 0 Å². The lowest BCUT2D eigenvalue weighted by molar-refractivity contribution is -0.128. The molecule has 0 radical (unpaired) electrons. The van der Waals surface area contributed by atoms with Crippen LogP contribution in [0.15, 0.2) is 0 Å². The number of amides is 1. The third-order valence-corrected chi connectivity index (χ3v) is 3.61. The van der Waals surface area contributed by atoms with E-state index in [-0.39, 0.29) is 18.9 Å². The molecule has 0 fully saturated rings. The van der Waals surface area contributed by atoms with Crippen molar-refractivity contribution in [3.63, 3.8) is 0 Å². The maximum absolute atomic E-state index is 11.2. The van der Waals surface area contributed by atoms with Crippen LogP contribution in [0.4, 0.5) is 0 Å². The van der Waals surface area contributed by atoms with E-state index >= 15 is 0 Å². The van der Waals surface area contributed by atoms with Crippen LogP contribution in [0.5, 0.6) is 0 Å². The van der Waals surface area contributed by atoms with Crippen LogP contribution in [0.25, 0.3) is 0 Å². The summed E-state index contributed by atoms with van der Waals surface area (Å²) in [6.07, 6.45) is 0.193. The van der Waals surface area contributed by atoms with Crippen LogP contribution >= 0.6 is 0 Å². The molecular weight excluding hydrogens is 204 g/mol. The highest BCUT2D eigenvalue weighted by Crippen LogP contribution is 1.96. The molecule has 14 heavy (non-hydrogen) atoms. The van der Waals surface area contributed by atoms with Gasteiger partial charge in [-0.1, -0.05) is 0 Å². The summed E-state index contributed by atoms with van der Waals surface area (Å²) in [4.78, 5) is 12.5. The summed E-state index contributed by atoms with van der Waals surface area (Å²) in [6.45, 7) is 3.35. The van der Waals surface area contributed by atoms with E-state index in [0.29, 0.717) is 0 Å². The molecule has 6 heteroatoms. The number of nitrogens with one attached hydrogen (secondary N) is 1. The van der Waals surface area contributed by atoms with Crippen LogP contribution < -0.4 is 4.72 Å². The number of sulfonamides is 1. The molecule has 0 aromatic heterocycles. The van der Waals surface area contributed by atoms with Crippen molar-refractivity contribution >= 4 is 15.9 Å². The Morgan fingerprint density at radius 2 is 1.86 bits per heavy atom. The van der Waals surface area contributed by atoms with Gasteiger partial charge in [0.15, 0.2) is 0 Å². The number of carbonyl (C=O) groups is 1. The lowest BCUT2D eigenvalue weighted by Crippen LogP contribution is -2.34. The van der Waals surface area contributed by atoms with Gasteiger partial charge in [-0.15, -0.1) is 0 Å². The largest absolute Gasteiger partial charge is 0.349 e. The molecule has 0 aliphatic carbocycles. The molecule has 0 rings (SSSR count). The first kappa shape index (κ1) is 13.4. The van der Waals surface area contributed by atoms with Gasteiger partial charge in [-0.25, -0.2) is 13.1 Å². The molecular formula is C8H18N2O3S. The van der Waals surface area contributed by atoms with E-state index in [1.165, 1.54) is 4.90 Å². The molecule has 0 aromatic carbocycles. The number of nitrogens with zero attached hydrogens (tertiary/aromatic N) is 1. The molecule has 0 saturated heterocycles. The van der Waals surface area contributed by atoms with E-state index in [9.17, 15) is 13.2 Å². The van der Waals surface area contributed by atoms with E-state index in [2.05, 4.69) is 4.72 Å². The third kappa shape index (κ3) is 4.57. The molecule has 5 nitrogen and oxygen atoms in total. The summed E-state index contributed by atoms with van der Waals surface area (Å²) in [5.41, 5.74) is 0. The molecule has 0 atom stereocenters. The minimum Gasteiger partial charge on any atom is -0.349 e. The van der Waals surface area contributed by atoms with Gasteiger partial charge in [0, 0.05) is 27.1 Å². The molecule has 0 spiro atoms. The van der Waals surface area contributed by atoms with Crippen molar-refractivity contribution in [1.29, 1.82) is 0 Å². The predicted octanol–water partition coefficient (Wildman–Crippen LogP) is -0.207. The molecule has 0 aromatic rings. The zero-order valence-electron chi connectivity index (χ0n) is 9.07. The van der Waals surface area contributed by atoms with Crippen molar-refractivity contribution in [2.24, 2.45) is 0 Å². The zero-order chi connectivity index (χ0) is 11.4. The first-order chi connectivity index (χ1) is 6.27. The molecule has 0 heterocycles. The third-order valence-electron chi connectivity index (χ3n) is 1.76. The fourth-order valence-corrected chi connectivity index (χ4v) is 1.41. The van der Waals surface area contributed by atoms with Crippen molar-refractivity contribution in [1.82, 2.24) is 9.62 Å². The van der Waals surface area contributed by atoms with Gasteiger partial charge in [-0.2, -0.15) is 0 Å². The first-order valence-electron chi connectivity index (χ1n) is 4.46. The van der Waals surface area contributed by atoms with Gasteiger partial charge in [0.2, 0.25) is 15.9 Å². The summed E-state index contributed by atoms with van der Waals surface area (Å²) >= 11 is 0. The highest BCUT2D eigenvalue weighted by Gasteiger charge is 2.15. The average molecular weight is 222 g/mol. The van der Waals surface area contributed by atoms with Crippen molar-refractivity contribution < 1.29 is 13.2 Å². The Hall–Kier alpha value is -0.620. The van der Waals surface area contributed by atoms with Crippen LogP contribution in [-0.2, 0) is 14.8 Å². The topological polar surface area (TPSA) is 66.5 Å². The zero-order valence-corrected chi connectivity index (χ0v) is 9.89. The number of carbonyl (C=O) groups excluding carboxylic acids is 1. The van der Waals surface area contributed by atoms with Crippen LogP contribution in [0, 0.1) is 0 Å². The smallest absolute Gasteiger partial charge is 0.223 e. The Labute approximate surface area is 85.5 Å². The molecule has 0 saturated carbocycles. The second-order valence-corrected chi connectivity index (χ2v) is 5.85. The summed E-state index contributed by atoms with van der Waals surface area (Å²) in [5, 5.41) is -0.461. The molecule has 84 valence electrons. The van der Waals surface area contributed by atoms with Gasteiger partial charge in [0.05, 0.1) is 5.25 Å². The molecule has 1 amide bonds. The van der Waals surface area contributed by atoms with Crippen LogP contribution in [0.3, 0.4) is 0 Å². The lowest BCUT2D eigenvalue weighted by Gasteiger charge is -2.12. The summed E-state index contributed by atoms with van der Waals surface area (Å²) < 4.78 is 24.9. The Kier molecular flexibility index (Phi) is 5.07. The Morgan fingerprint density at radius 1 is 1.36 bits per heavy atom. The van der Waals surface area contributed by atoms with E-state index < -0.39 is 15.3 Å². The second kappa shape index (κ2) is 5.31. The summed E-state index contributed by atoms with van der Waals surface area (Å²) in [7, 11) is 0.0360. The maximum atomic E-state index is 11.2. The monoisotopic (exact) mass is 222 g/mol. The second-order valence-electron chi connectivity index (χ2n) is 3.53. The van der Waals surface area contributed by atoms with E-state index in [0.717, 1.165) is 0 Å². The van der Waals surface area contributed by atoms with Gasteiger partial charge in [-0.3, -0.25) is 4.79 Å². The highest BCUT2D eigenvalue weighted by atomic mass is 32.2. The SMILES string of the molecule is CC(C)S(=O)(=O)NCCC(=O)N(C)C. The lowest BCUT2D eigenvalue weighted by atomic mass is 10.4. The van der Waals surface area contributed by atoms with Crippen LogP contribution in [-0.4, -0.2) is 45.1 Å². The summed E-state index contributed by atoms with van der Waals surface area (Å²) in [6, 6.07) is 0. The van der Waals surface area contributed by atoms with Gasteiger partial charge in [0.25, 0.3) is 0 Å².